The van der Waals surface area contributed by atoms with Crippen molar-refractivity contribution in [2.75, 3.05) is 13.1 Å². The van der Waals surface area contributed by atoms with Crippen LogP contribution >= 0.6 is 0 Å². The van der Waals surface area contributed by atoms with Gasteiger partial charge in [-0.2, -0.15) is 0 Å². The lowest BCUT2D eigenvalue weighted by molar-refractivity contribution is -0.137. The lowest BCUT2D eigenvalue weighted by atomic mass is 10.0. The van der Waals surface area contributed by atoms with Gasteiger partial charge in [-0.1, -0.05) is 11.2 Å². The molecule has 0 saturated heterocycles. The highest BCUT2D eigenvalue weighted by Crippen LogP contribution is 2.24. The molecule has 0 bridgehead atoms. The molecule has 0 spiro atoms. The van der Waals surface area contributed by atoms with Crippen molar-refractivity contribution in [1.29, 1.82) is 0 Å². The molecule has 23 heavy (non-hydrogen) atoms. The van der Waals surface area contributed by atoms with Crippen molar-refractivity contribution in [1.82, 2.24) is 15.8 Å². The number of aromatic nitrogens is 1. The van der Waals surface area contributed by atoms with Crippen LogP contribution in [0.15, 0.2) is 16.7 Å². The van der Waals surface area contributed by atoms with Gasteiger partial charge in [0.1, 0.15) is 12.2 Å². The first-order chi connectivity index (χ1) is 10.9. The second-order valence-electron chi connectivity index (χ2n) is 5.21. The van der Waals surface area contributed by atoms with E-state index in [4.69, 9.17) is 9.63 Å². The Kier molecular flexibility index (Phi) is 4.95. The molecular formula is C15H17N3O5. The first-order valence-electron chi connectivity index (χ1n) is 6.97. The van der Waals surface area contributed by atoms with Gasteiger partial charge in [-0.3, -0.25) is 14.4 Å². The fourth-order valence-electron chi connectivity index (χ4n) is 2.27. The van der Waals surface area contributed by atoms with Gasteiger partial charge >= 0.3 is 5.97 Å². The number of hydrogen-bond acceptors (Lipinski definition) is 5. The van der Waals surface area contributed by atoms with Crippen LogP contribution in [-0.2, 0) is 20.8 Å². The summed E-state index contributed by atoms with van der Waals surface area (Å²) in [5.41, 5.74) is 3.12. The number of nitrogens with one attached hydrogen (secondary N) is 2. The Balaban J connectivity index is 1.96. The van der Waals surface area contributed by atoms with Gasteiger partial charge in [-0.15, -0.1) is 0 Å². The molecular weight excluding hydrogens is 302 g/mol. The highest BCUT2D eigenvalue weighted by Gasteiger charge is 2.15. The number of hydrogen-bond donors (Lipinski definition) is 3. The maximum absolute atomic E-state index is 11.9. The molecule has 2 amide bonds. The van der Waals surface area contributed by atoms with E-state index in [2.05, 4.69) is 15.8 Å². The Morgan fingerprint density at radius 2 is 1.83 bits per heavy atom. The number of fused-ring (bicyclic) bond motifs is 1. The summed E-state index contributed by atoms with van der Waals surface area (Å²) in [5, 5.41) is 17.7. The summed E-state index contributed by atoms with van der Waals surface area (Å²) in [6, 6.07) is 3.82. The molecule has 0 radical (unpaired) electrons. The van der Waals surface area contributed by atoms with Crippen molar-refractivity contribution in [3.05, 3.63) is 29.0 Å². The summed E-state index contributed by atoms with van der Waals surface area (Å²) in [5.74, 6) is -2.12. The maximum atomic E-state index is 11.9. The fraction of sp³-hybridized carbons (Fsp3) is 0.333. The van der Waals surface area contributed by atoms with Crippen LogP contribution in [0.25, 0.3) is 11.0 Å². The van der Waals surface area contributed by atoms with Gasteiger partial charge in [-0.25, -0.2) is 0 Å². The number of benzene rings is 1. The molecule has 2 aromatic rings. The molecule has 0 aliphatic rings. The second kappa shape index (κ2) is 6.91. The van der Waals surface area contributed by atoms with Crippen LogP contribution in [-0.4, -0.2) is 41.1 Å². The van der Waals surface area contributed by atoms with Gasteiger partial charge in [0.25, 0.3) is 0 Å². The van der Waals surface area contributed by atoms with Crippen molar-refractivity contribution in [3.8, 4) is 0 Å². The van der Waals surface area contributed by atoms with Crippen LogP contribution in [0, 0.1) is 13.8 Å². The third kappa shape index (κ3) is 4.29. The summed E-state index contributed by atoms with van der Waals surface area (Å²) in [4.78, 5) is 33.5. The Bertz CT molecular complexity index is 766. The fourth-order valence-corrected chi connectivity index (χ4v) is 2.27. The quantitative estimate of drug-likeness (QED) is 0.704. The molecule has 0 unspecified atom stereocenters. The molecule has 122 valence electrons. The van der Waals surface area contributed by atoms with Gasteiger partial charge in [-0.05, 0) is 31.0 Å². The third-order valence-corrected chi connectivity index (χ3v) is 3.20. The number of carbonyl (C=O) groups is 3. The van der Waals surface area contributed by atoms with E-state index in [-0.39, 0.29) is 13.0 Å². The number of carboxylic acids is 1. The molecule has 0 aliphatic heterocycles. The van der Waals surface area contributed by atoms with Gasteiger partial charge in [0.05, 0.1) is 13.0 Å². The number of rotatable bonds is 6. The third-order valence-electron chi connectivity index (χ3n) is 3.20. The highest BCUT2D eigenvalue weighted by atomic mass is 16.5. The topological polar surface area (TPSA) is 122 Å². The normalized spacial score (nSPS) is 10.5. The Morgan fingerprint density at radius 3 is 2.52 bits per heavy atom. The molecule has 0 aliphatic carbocycles. The number of nitrogens with zero attached hydrogens (tertiary/aromatic N) is 1. The first-order valence-corrected chi connectivity index (χ1v) is 6.97. The van der Waals surface area contributed by atoms with Crippen molar-refractivity contribution in [2.45, 2.75) is 20.3 Å². The van der Waals surface area contributed by atoms with Crippen molar-refractivity contribution in [2.24, 2.45) is 0 Å². The Morgan fingerprint density at radius 1 is 1.13 bits per heavy atom. The van der Waals surface area contributed by atoms with E-state index in [1.165, 1.54) is 0 Å². The summed E-state index contributed by atoms with van der Waals surface area (Å²) in [6.07, 6.45) is -0.0247. The monoisotopic (exact) mass is 319 g/mol. The Hall–Kier alpha value is -2.90. The van der Waals surface area contributed by atoms with Crippen LogP contribution in [0.4, 0.5) is 0 Å². The first kappa shape index (κ1) is 16.5. The standard InChI is InChI=1S/C15H17N3O5/c1-8-3-9(2)15-10(18-23-11(15)4-8)5-12(19)16-6-13(20)17-7-14(21)22/h3-4H,5-7H2,1-2H3,(H,16,19)(H,17,20)(H,21,22). The molecule has 1 aromatic carbocycles. The van der Waals surface area contributed by atoms with E-state index in [0.717, 1.165) is 16.5 Å². The van der Waals surface area contributed by atoms with E-state index in [9.17, 15) is 14.4 Å². The van der Waals surface area contributed by atoms with Gasteiger partial charge in [0, 0.05) is 5.39 Å². The molecule has 1 heterocycles. The number of aliphatic carboxylic acids is 1. The van der Waals surface area contributed by atoms with Crippen LogP contribution in [0.1, 0.15) is 16.8 Å². The van der Waals surface area contributed by atoms with E-state index in [0.29, 0.717) is 11.3 Å². The zero-order valence-corrected chi connectivity index (χ0v) is 12.8. The molecule has 8 nitrogen and oxygen atoms in total. The summed E-state index contributed by atoms with van der Waals surface area (Å²) in [6.45, 7) is 3.07. The smallest absolute Gasteiger partial charge is 0.322 e. The predicted molar refractivity (Wildman–Crippen MR) is 80.8 cm³/mol. The van der Waals surface area contributed by atoms with Crippen LogP contribution in [0.2, 0.25) is 0 Å². The minimum absolute atomic E-state index is 0.0247. The van der Waals surface area contributed by atoms with E-state index < -0.39 is 24.3 Å². The minimum atomic E-state index is -1.15. The van der Waals surface area contributed by atoms with Gasteiger partial charge in [0.2, 0.25) is 11.8 Å². The van der Waals surface area contributed by atoms with Crippen LogP contribution < -0.4 is 10.6 Å². The lowest BCUT2D eigenvalue weighted by Crippen LogP contribution is -2.39. The predicted octanol–water partition coefficient (Wildman–Crippen LogP) is 0.304. The summed E-state index contributed by atoms with van der Waals surface area (Å²) < 4.78 is 5.23. The maximum Gasteiger partial charge on any atom is 0.322 e. The van der Waals surface area contributed by atoms with Crippen molar-refractivity contribution >= 4 is 28.8 Å². The highest BCUT2D eigenvalue weighted by molar-refractivity contribution is 5.91. The minimum Gasteiger partial charge on any atom is -0.480 e. The number of carboxylic acid groups (broad SMARTS) is 1. The number of aryl methyl sites for hydroxylation is 2. The average Bonchev–Trinajstić information content (AvgIpc) is 2.85. The molecule has 3 N–H and O–H groups in total. The molecule has 0 atom stereocenters. The summed E-state index contributed by atoms with van der Waals surface area (Å²) >= 11 is 0. The van der Waals surface area contributed by atoms with E-state index >= 15 is 0 Å². The van der Waals surface area contributed by atoms with E-state index in [1.807, 2.05) is 26.0 Å². The van der Waals surface area contributed by atoms with Gasteiger partial charge < -0.3 is 20.3 Å². The Labute approximate surface area is 131 Å². The van der Waals surface area contributed by atoms with Crippen molar-refractivity contribution < 1.29 is 24.0 Å². The SMILES string of the molecule is Cc1cc(C)c2c(CC(=O)NCC(=O)NCC(=O)O)noc2c1. The van der Waals surface area contributed by atoms with E-state index in [1.54, 1.807) is 0 Å². The summed E-state index contributed by atoms with van der Waals surface area (Å²) in [7, 11) is 0. The molecule has 2 rings (SSSR count). The van der Waals surface area contributed by atoms with Gasteiger partial charge in [0.15, 0.2) is 5.58 Å². The number of amides is 2. The zero-order chi connectivity index (χ0) is 17.0. The van der Waals surface area contributed by atoms with Crippen LogP contribution in [0.5, 0.6) is 0 Å². The average molecular weight is 319 g/mol. The molecule has 0 saturated carbocycles. The molecule has 8 heteroatoms. The zero-order valence-electron chi connectivity index (χ0n) is 12.8. The molecule has 0 fully saturated rings. The second-order valence-corrected chi connectivity index (χ2v) is 5.21. The molecule has 1 aromatic heterocycles. The van der Waals surface area contributed by atoms with Crippen molar-refractivity contribution in [3.63, 3.8) is 0 Å². The number of carbonyl (C=O) groups excluding carboxylic acids is 2. The lowest BCUT2D eigenvalue weighted by Gasteiger charge is -2.05. The van der Waals surface area contributed by atoms with Crippen LogP contribution in [0.3, 0.4) is 0 Å². The largest absolute Gasteiger partial charge is 0.480 e.